The zero-order valence-electron chi connectivity index (χ0n) is 13.8. The lowest BCUT2D eigenvalue weighted by atomic mass is 9.89. The molecule has 1 atom stereocenters. The molecular formula is C17H19NO6. The zero-order valence-corrected chi connectivity index (χ0v) is 13.8. The fourth-order valence-corrected chi connectivity index (χ4v) is 3.27. The molecule has 128 valence electrons. The monoisotopic (exact) mass is 333 g/mol. The van der Waals surface area contributed by atoms with Gasteiger partial charge in [0.25, 0.3) is 5.91 Å². The Kier molecular flexibility index (Phi) is 4.09. The molecule has 0 aliphatic carbocycles. The number of aliphatic hydroxyl groups is 1. The van der Waals surface area contributed by atoms with Crippen LogP contribution in [0.2, 0.25) is 0 Å². The highest BCUT2D eigenvalue weighted by atomic mass is 16.5. The fourth-order valence-electron chi connectivity index (χ4n) is 3.27. The number of hydrogen-bond acceptors (Lipinski definition) is 6. The number of methoxy groups -OCH3 is 2. The summed E-state index contributed by atoms with van der Waals surface area (Å²) in [5, 5.41) is 10.2. The van der Waals surface area contributed by atoms with Crippen molar-refractivity contribution in [3.63, 3.8) is 0 Å². The van der Waals surface area contributed by atoms with Crippen LogP contribution in [0, 0.1) is 0 Å². The van der Waals surface area contributed by atoms with E-state index in [1.807, 2.05) is 6.07 Å². The zero-order chi connectivity index (χ0) is 17.4. The van der Waals surface area contributed by atoms with Crippen LogP contribution in [-0.4, -0.2) is 49.3 Å². The largest absolute Gasteiger partial charge is 0.503 e. The van der Waals surface area contributed by atoms with E-state index in [2.05, 4.69) is 0 Å². The van der Waals surface area contributed by atoms with Crippen LogP contribution in [0.25, 0.3) is 0 Å². The van der Waals surface area contributed by atoms with Crippen LogP contribution in [-0.2, 0) is 20.7 Å². The van der Waals surface area contributed by atoms with Crippen LogP contribution < -0.4 is 9.47 Å². The standard InChI is InChI=1S/C17H19NO6/c1-4-24-17(21)13-14-10-8-12(23-3)11(22-2)7-9(10)5-6-18(14)16(20)15(13)19/h7-8,14,19H,4-6H2,1-3H3. The highest BCUT2D eigenvalue weighted by Crippen LogP contribution is 2.45. The lowest BCUT2D eigenvalue weighted by Gasteiger charge is -2.33. The molecule has 7 heteroatoms. The van der Waals surface area contributed by atoms with E-state index >= 15 is 0 Å². The lowest BCUT2D eigenvalue weighted by molar-refractivity contribution is -0.139. The van der Waals surface area contributed by atoms with Crippen LogP contribution in [0.15, 0.2) is 23.5 Å². The topological polar surface area (TPSA) is 85.3 Å². The summed E-state index contributed by atoms with van der Waals surface area (Å²) >= 11 is 0. The van der Waals surface area contributed by atoms with E-state index in [4.69, 9.17) is 14.2 Å². The van der Waals surface area contributed by atoms with E-state index in [1.165, 1.54) is 12.0 Å². The van der Waals surface area contributed by atoms with Gasteiger partial charge < -0.3 is 24.2 Å². The van der Waals surface area contributed by atoms with E-state index in [-0.39, 0.29) is 12.2 Å². The summed E-state index contributed by atoms with van der Waals surface area (Å²) in [5.41, 5.74) is 1.66. The van der Waals surface area contributed by atoms with Gasteiger partial charge in [-0.25, -0.2) is 4.79 Å². The van der Waals surface area contributed by atoms with Gasteiger partial charge >= 0.3 is 5.97 Å². The number of amides is 1. The molecule has 0 spiro atoms. The van der Waals surface area contributed by atoms with E-state index in [0.29, 0.717) is 24.5 Å². The Morgan fingerprint density at radius 3 is 2.58 bits per heavy atom. The van der Waals surface area contributed by atoms with Gasteiger partial charge in [-0.15, -0.1) is 0 Å². The van der Waals surface area contributed by atoms with E-state index in [1.54, 1.807) is 20.1 Å². The number of fused-ring (bicyclic) bond motifs is 3. The fraction of sp³-hybridized carbons (Fsp3) is 0.412. The van der Waals surface area contributed by atoms with Crippen molar-refractivity contribution in [2.75, 3.05) is 27.4 Å². The number of rotatable bonds is 4. The van der Waals surface area contributed by atoms with Gasteiger partial charge in [0.2, 0.25) is 0 Å². The Morgan fingerprint density at radius 2 is 1.96 bits per heavy atom. The number of aliphatic hydroxyl groups excluding tert-OH is 1. The summed E-state index contributed by atoms with van der Waals surface area (Å²) in [6.07, 6.45) is 0.599. The highest BCUT2D eigenvalue weighted by molar-refractivity contribution is 6.06. The SMILES string of the molecule is CCOC(=O)C1=C(O)C(=O)N2CCc3cc(OC)c(OC)cc3C12. The average Bonchev–Trinajstić information content (AvgIpc) is 2.85. The Balaban J connectivity index is 2.14. The third kappa shape index (κ3) is 2.28. The summed E-state index contributed by atoms with van der Waals surface area (Å²) in [4.78, 5) is 26.1. The number of benzene rings is 1. The van der Waals surface area contributed by atoms with Crippen LogP contribution in [0.4, 0.5) is 0 Å². The molecule has 24 heavy (non-hydrogen) atoms. The Hall–Kier alpha value is -2.70. The molecule has 0 saturated heterocycles. The van der Waals surface area contributed by atoms with Crippen LogP contribution in [0.5, 0.6) is 11.5 Å². The molecule has 1 aromatic rings. The quantitative estimate of drug-likeness (QED) is 0.841. The molecule has 2 heterocycles. The minimum atomic E-state index is -0.682. The summed E-state index contributed by atoms with van der Waals surface area (Å²) in [5.74, 6) is -0.692. The predicted octanol–water partition coefficient (Wildman–Crippen LogP) is 1.52. The number of esters is 1. The minimum Gasteiger partial charge on any atom is -0.503 e. The second kappa shape index (κ2) is 6.07. The number of carbonyl (C=O) groups is 2. The molecule has 2 aliphatic rings. The molecular weight excluding hydrogens is 314 g/mol. The molecule has 2 aliphatic heterocycles. The first-order valence-electron chi connectivity index (χ1n) is 7.69. The Morgan fingerprint density at radius 1 is 1.29 bits per heavy atom. The molecule has 0 fully saturated rings. The summed E-state index contributed by atoms with van der Waals surface area (Å²) < 4.78 is 15.7. The number of carbonyl (C=O) groups excluding carboxylic acids is 2. The van der Waals surface area contributed by atoms with Gasteiger partial charge in [0.1, 0.15) is 5.57 Å². The van der Waals surface area contributed by atoms with Crippen molar-refractivity contribution in [3.8, 4) is 11.5 Å². The molecule has 0 radical (unpaired) electrons. The summed E-state index contributed by atoms with van der Waals surface area (Å²) in [6, 6.07) is 2.92. The lowest BCUT2D eigenvalue weighted by Crippen LogP contribution is -2.37. The second-order valence-electron chi connectivity index (χ2n) is 5.54. The Bertz CT molecular complexity index is 739. The van der Waals surface area contributed by atoms with Gasteiger partial charge in [0.05, 0.1) is 26.9 Å². The molecule has 0 aromatic heterocycles. The normalized spacial score (nSPS) is 19.0. The molecule has 1 unspecified atom stereocenters. The van der Waals surface area contributed by atoms with Crippen LogP contribution in [0.1, 0.15) is 24.1 Å². The molecule has 1 aromatic carbocycles. The van der Waals surface area contributed by atoms with Crippen molar-refractivity contribution in [2.45, 2.75) is 19.4 Å². The first-order valence-corrected chi connectivity index (χ1v) is 7.69. The second-order valence-corrected chi connectivity index (χ2v) is 5.54. The number of hydrogen-bond donors (Lipinski definition) is 1. The molecule has 0 bridgehead atoms. The third-order valence-electron chi connectivity index (χ3n) is 4.36. The van der Waals surface area contributed by atoms with Crippen molar-refractivity contribution in [1.82, 2.24) is 4.90 Å². The van der Waals surface area contributed by atoms with Gasteiger partial charge in [-0.1, -0.05) is 0 Å². The van der Waals surface area contributed by atoms with Gasteiger partial charge in [0, 0.05) is 6.54 Å². The van der Waals surface area contributed by atoms with Gasteiger partial charge in [0.15, 0.2) is 17.3 Å². The van der Waals surface area contributed by atoms with Crippen molar-refractivity contribution < 1.29 is 28.9 Å². The molecule has 0 saturated carbocycles. The summed E-state index contributed by atoms with van der Waals surface area (Å²) in [7, 11) is 3.07. The predicted molar refractivity (Wildman–Crippen MR) is 84.0 cm³/mol. The summed E-state index contributed by atoms with van der Waals surface area (Å²) in [6.45, 7) is 2.24. The van der Waals surface area contributed by atoms with Crippen LogP contribution in [0.3, 0.4) is 0 Å². The maximum absolute atomic E-state index is 12.3. The van der Waals surface area contributed by atoms with Gasteiger partial charge in [-0.2, -0.15) is 0 Å². The molecule has 3 rings (SSSR count). The minimum absolute atomic E-state index is 0.0185. The van der Waals surface area contributed by atoms with E-state index < -0.39 is 23.7 Å². The number of ether oxygens (including phenoxy) is 3. The highest BCUT2D eigenvalue weighted by Gasteiger charge is 2.47. The Labute approximate surface area is 139 Å². The van der Waals surface area contributed by atoms with Crippen molar-refractivity contribution in [3.05, 3.63) is 34.6 Å². The number of nitrogens with zero attached hydrogens (tertiary/aromatic N) is 1. The van der Waals surface area contributed by atoms with Crippen LogP contribution >= 0.6 is 0 Å². The van der Waals surface area contributed by atoms with E-state index in [9.17, 15) is 14.7 Å². The van der Waals surface area contributed by atoms with Crippen molar-refractivity contribution >= 4 is 11.9 Å². The van der Waals surface area contributed by atoms with Crippen molar-refractivity contribution in [1.29, 1.82) is 0 Å². The maximum atomic E-state index is 12.3. The molecule has 7 nitrogen and oxygen atoms in total. The molecule has 1 amide bonds. The van der Waals surface area contributed by atoms with Gasteiger partial charge in [-0.05, 0) is 36.6 Å². The average molecular weight is 333 g/mol. The maximum Gasteiger partial charge on any atom is 0.340 e. The molecule has 1 N–H and O–H groups in total. The van der Waals surface area contributed by atoms with Crippen molar-refractivity contribution in [2.24, 2.45) is 0 Å². The van der Waals surface area contributed by atoms with Gasteiger partial charge in [-0.3, -0.25) is 4.79 Å². The smallest absolute Gasteiger partial charge is 0.340 e. The first-order chi connectivity index (χ1) is 11.5. The van der Waals surface area contributed by atoms with E-state index in [0.717, 1.165) is 11.1 Å². The first kappa shape index (κ1) is 16.2. The third-order valence-corrected chi connectivity index (χ3v) is 4.36.